The van der Waals surface area contributed by atoms with Crippen LogP contribution in [0.15, 0.2) is 0 Å². The van der Waals surface area contributed by atoms with E-state index in [0.717, 1.165) is 0 Å². The third kappa shape index (κ3) is 10.4. The van der Waals surface area contributed by atoms with Gasteiger partial charge in [-0.15, -0.1) is 7.92 Å². The Hall–Kier alpha value is 0.430. The molecule has 1 heteroatoms. The molecule has 0 amide bonds. The van der Waals surface area contributed by atoms with Gasteiger partial charge in [0.05, 0.1) is 0 Å². The number of rotatable bonds is 8. The zero-order chi connectivity index (χ0) is 9.23. The molecule has 0 rings (SSSR count). The molecule has 0 fully saturated rings. The first-order valence-electron chi connectivity index (χ1n) is 5.42. The zero-order valence-corrected chi connectivity index (χ0v) is 10.00. The minimum Gasteiger partial charge on any atom is -0.113 e. The molecule has 0 aromatic carbocycles. The predicted octanol–water partition coefficient (Wildman–Crippen LogP) is 4.48. The Morgan fingerprint density at radius 1 is 0.750 bits per heavy atom. The van der Waals surface area contributed by atoms with Crippen molar-refractivity contribution < 1.29 is 0 Å². The lowest BCUT2D eigenvalue weighted by atomic mass is 10.1. The Balaban J connectivity index is 2.82. The van der Waals surface area contributed by atoms with E-state index in [2.05, 4.69) is 20.3 Å². The van der Waals surface area contributed by atoms with Crippen LogP contribution < -0.4 is 0 Å². The Morgan fingerprint density at radius 3 is 1.75 bits per heavy atom. The summed E-state index contributed by atoms with van der Waals surface area (Å²) in [7, 11) is 0.372. The van der Waals surface area contributed by atoms with Crippen LogP contribution in [-0.2, 0) is 0 Å². The molecule has 0 spiro atoms. The fraction of sp³-hybridized carbons (Fsp3) is 1.00. The van der Waals surface area contributed by atoms with Crippen molar-refractivity contribution in [1.29, 1.82) is 0 Å². The van der Waals surface area contributed by atoms with Crippen molar-refractivity contribution in [3.63, 3.8) is 0 Å². The third-order valence-corrected chi connectivity index (χ3v) is 3.42. The Kier molecular flexibility index (Phi) is 9.86. The van der Waals surface area contributed by atoms with E-state index in [1.807, 2.05) is 0 Å². The second-order valence-corrected chi connectivity index (χ2v) is 6.53. The van der Waals surface area contributed by atoms with Gasteiger partial charge >= 0.3 is 0 Å². The van der Waals surface area contributed by atoms with Crippen LogP contribution in [0.1, 0.15) is 51.9 Å². The fourth-order valence-corrected chi connectivity index (χ4v) is 2.24. The van der Waals surface area contributed by atoms with Gasteiger partial charge in [-0.05, 0) is 25.9 Å². The van der Waals surface area contributed by atoms with E-state index >= 15 is 0 Å². The summed E-state index contributed by atoms with van der Waals surface area (Å²) in [6, 6.07) is 0. The lowest BCUT2D eigenvalue weighted by Crippen LogP contribution is -1.83. The maximum Gasteiger partial charge on any atom is -0.0331 e. The van der Waals surface area contributed by atoms with Gasteiger partial charge in [0.15, 0.2) is 0 Å². The molecule has 0 aliphatic heterocycles. The molecule has 0 aliphatic rings. The number of hydrogen-bond donors (Lipinski definition) is 0. The average molecular weight is 188 g/mol. The fourth-order valence-electron chi connectivity index (χ4n) is 1.39. The van der Waals surface area contributed by atoms with Crippen LogP contribution in [0.2, 0.25) is 0 Å². The molecule has 12 heavy (non-hydrogen) atoms. The topological polar surface area (TPSA) is 0 Å². The largest absolute Gasteiger partial charge is 0.113 e. The summed E-state index contributed by atoms with van der Waals surface area (Å²) in [6.45, 7) is 7.04. The second kappa shape index (κ2) is 9.52. The monoisotopic (exact) mass is 188 g/mol. The van der Waals surface area contributed by atoms with Crippen LogP contribution in [0, 0.1) is 0 Å². The molecule has 0 nitrogen and oxygen atoms in total. The second-order valence-electron chi connectivity index (χ2n) is 3.92. The maximum absolute atomic E-state index is 2.38. The lowest BCUT2D eigenvalue weighted by Gasteiger charge is -2.04. The van der Waals surface area contributed by atoms with Crippen molar-refractivity contribution in [2.24, 2.45) is 0 Å². The van der Waals surface area contributed by atoms with Gasteiger partial charge in [0, 0.05) is 0 Å². The van der Waals surface area contributed by atoms with Crippen LogP contribution in [0.5, 0.6) is 0 Å². The van der Waals surface area contributed by atoms with Gasteiger partial charge in [-0.1, -0.05) is 45.4 Å². The molecule has 0 bridgehead atoms. The van der Waals surface area contributed by atoms with Gasteiger partial charge < -0.3 is 0 Å². The van der Waals surface area contributed by atoms with Crippen LogP contribution in [0.3, 0.4) is 0 Å². The van der Waals surface area contributed by atoms with Crippen molar-refractivity contribution in [1.82, 2.24) is 0 Å². The number of unbranched alkanes of at least 4 members (excludes halogenated alkanes) is 6. The third-order valence-electron chi connectivity index (χ3n) is 2.21. The Bertz CT molecular complexity index is 79.1. The van der Waals surface area contributed by atoms with Crippen LogP contribution in [0.4, 0.5) is 0 Å². The smallest absolute Gasteiger partial charge is 0.0331 e. The summed E-state index contributed by atoms with van der Waals surface area (Å²) >= 11 is 0. The molecule has 0 heterocycles. The first-order valence-corrected chi connectivity index (χ1v) is 7.84. The molecule has 0 N–H and O–H groups in total. The SMILES string of the molecule is CCCCCCCCCP(C)C. The average Bonchev–Trinajstić information content (AvgIpc) is 2.02. The molecule has 0 aromatic rings. The van der Waals surface area contributed by atoms with Crippen molar-refractivity contribution >= 4 is 7.92 Å². The van der Waals surface area contributed by atoms with E-state index in [1.54, 1.807) is 0 Å². The van der Waals surface area contributed by atoms with E-state index in [0.29, 0.717) is 7.92 Å². The van der Waals surface area contributed by atoms with Gasteiger partial charge in [-0.25, -0.2) is 0 Å². The maximum atomic E-state index is 2.38. The molecule has 0 unspecified atom stereocenters. The Labute approximate surface area is 79.9 Å². The van der Waals surface area contributed by atoms with E-state index < -0.39 is 0 Å². The van der Waals surface area contributed by atoms with Crippen LogP contribution in [-0.4, -0.2) is 19.5 Å². The van der Waals surface area contributed by atoms with Gasteiger partial charge in [-0.2, -0.15) is 0 Å². The summed E-state index contributed by atoms with van der Waals surface area (Å²) in [5.74, 6) is 0. The van der Waals surface area contributed by atoms with Crippen molar-refractivity contribution in [3.8, 4) is 0 Å². The predicted molar refractivity (Wildman–Crippen MR) is 61.6 cm³/mol. The molecular weight excluding hydrogens is 163 g/mol. The number of hydrogen-bond acceptors (Lipinski definition) is 0. The summed E-state index contributed by atoms with van der Waals surface area (Å²) in [4.78, 5) is 0. The minimum atomic E-state index is 0.372. The molecule has 0 aromatic heterocycles. The first kappa shape index (κ1) is 12.4. The molecule has 0 atom stereocenters. The van der Waals surface area contributed by atoms with Gasteiger partial charge in [0.25, 0.3) is 0 Å². The first-order chi connectivity index (χ1) is 5.77. The molecule has 0 saturated heterocycles. The molecule has 0 saturated carbocycles. The summed E-state index contributed by atoms with van der Waals surface area (Å²) in [5, 5.41) is 0. The molecular formula is C11H25P. The van der Waals surface area contributed by atoms with E-state index in [4.69, 9.17) is 0 Å². The van der Waals surface area contributed by atoms with Crippen LogP contribution in [0.25, 0.3) is 0 Å². The van der Waals surface area contributed by atoms with Gasteiger partial charge in [-0.3, -0.25) is 0 Å². The van der Waals surface area contributed by atoms with Crippen molar-refractivity contribution in [3.05, 3.63) is 0 Å². The summed E-state index contributed by atoms with van der Waals surface area (Å²) < 4.78 is 0. The molecule has 0 radical (unpaired) electrons. The van der Waals surface area contributed by atoms with E-state index in [9.17, 15) is 0 Å². The van der Waals surface area contributed by atoms with Crippen LogP contribution >= 0.6 is 7.92 Å². The molecule has 0 aliphatic carbocycles. The van der Waals surface area contributed by atoms with Crippen molar-refractivity contribution in [2.45, 2.75) is 51.9 Å². The highest BCUT2D eigenvalue weighted by molar-refractivity contribution is 7.55. The van der Waals surface area contributed by atoms with Crippen molar-refractivity contribution in [2.75, 3.05) is 19.5 Å². The summed E-state index contributed by atoms with van der Waals surface area (Å²) in [5.41, 5.74) is 0. The normalized spacial score (nSPS) is 11.0. The molecule has 74 valence electrons. The zero-order valence-electron chi connectivity index (χ0n) is 9.10. The highest BCUT2D eigenvalue weighted by atomic mass is 31.1. The highest BCUT2D eigenvalue weighted by Crippen LogP contribution is 2.26. The van der Waals surface area contributed by atoms with E-state index in [-0.39, 0.29) is 0 Å². The quantitative estimate of drug-likeness (QED) is 0.389. The van der Waals surface area contributed by atoms with E-state index in [1.165, 1.54) is 51.1 Å². The highest BCUT2D eigenvalue weighted by Gasteiger charge is 1.93. The Morgan fingerprint density at radius 2 is 1.25 bits per heavy atom. The minimum absolute atomic E-state index is 0.372. The standard InChI is InChI=1S/C11H25P/c1-4-5-6-7-8-9-10-11-12(2)3/h4-11H2,1-3H3. The summed E-state index contributed by atoms with van der Waals surface area (Å²) in [6.07, 6.45) is 11.7. The van der Waals surface area contributed by atoms with Gasteiger partial charge in [0.2, 0.25) is 0 Å². The van der Waals surface area contributed by atoms with Gasteiger partial charge in [0.1, 0.15) is 0 Å². The lowest BCUT2D eigenvalue weighted by molar-refractivity contribution is 0.603.